The summed E-state index contributed by atoms with van der Waals surface area (Å²) >= 11 is 0. The van der Waals surface area contributed by atoms with Gasteiger partial charge < -0.3 is 0 Å². The van der Waals surface area contributed by atoms with E-state index in [9.17, 15) is 28.8 Å². The third kappa shape index (κ3) is 51.3. The summed E-state index contributed by atoms with van der Waals surface area (Å²) in [6, 6.07) is 0. The minimum atomic E-state index is -0.0625. The Kier molecular flexibility index (Phi) is 22.9. The summed E-state index contributed by atoms with van der Waals surface area (Å²) in [6.45, 7) is 8.42. The maximum Gasteiger partial charge on any atom is 3.00 e. The van der Waals surface area contributed by atoms with Crippen molar-refractivity contribution in [3.63, 3.8) is 0 Å². The molecule has 0 unspecified atom stereocenters. The first-order valence-electron chi connectivity index (χ1n) is 6.35. The second-order valence-electron chi connectivity index (χ2n) is 4.74. The van der Waals surface area contributed by atoms with E-state index in [1.807, 2.05) is 0 Å². The molecule has 0 aromatic rings. The van der Waals surface area contributed by atoms with Crippen LogP contribution in [0.1, 0.15) is 60.8 Å². The van der Waals surface area contributed by atoms with Crippen LogP contribution in [0, 0.1) is 0 Å². The molecule has 0 saturated heterocycles. The smallest absolute Gasteiger partial charge is 0.300 e. The molecule has 6 nitrogen and oxygen atoms in total. The number of carbonyl (C=O) groups excluding carboxylic acids is 6. The Bertz CT molecular complexity index is 314. The maximum absolute atomic E-state index is 10.0. The monoisotopic (exact) mass is 352 g/mol. The molecule has 0 atom stereocenters. The molecule has 0 bridgehead atoms. The molecule has 0 aliphatic carbocycles. The Morgan fingerprint density at radius 2 is 0.500 bits per heavy atom. The van der Waals surface area contributed by atoms with Crippen LogP contribution in [-0.2, 0) is 46.1 Å². The number of ketones is 6. The summed E-state index contributed by atoms with van der Waals surface area (Å²) in [5.74, 6) is -0.375. The molecular formula is C15H24CrO6+3. The van der Waals surface area contributed by atoms with Crippen LogP contribution >= 0.6 is 0 Å². The molecular weight excluding hydrogens is 328 g/mol. The quantitative estimate of drug-likeness (QED) is 0.674. The molecule has 1 radical (unpaired) electrons. The number of Topliss-reactive ketones (excluding diaryl/α,β-unsaturated/α-hetero) is 6. The Morgan fingerprint density at radius 3 is 0.500 bits per heavy atom. The van der Waals surface area contributed by atoms with Gasteiger partial charge in [-0.1, -0.05) is 0 Å². The standard InChI is InChI=1S/3C5H8O2.Cr/c3*1-4(6)3-5(2)7;/h3*3H2,1-2H3;/q;;;+3. The van der Waals surface area contributed by atoms with Gasteiger partial charge in [0, 0.05) is 0 Å². The minimum absolute atomic E-state index is 0. The summed E-state index contributed by atoms with van der Waals surface area (Å²) in [7, 11) is 0. The largest absolute Gasteiger partial charge is 3.00 e. The van der Waals surface area contributed by atoms with Crippen LogP contribution in [0.25, 0.3) is 0 Å². The van der Waals surface area contributed by atoms with Crippen molar-refractivity contribution in [1.82, 2.24) is 0 Å². The van der Waals surface area contributed by atoms with Gasteiger partial charge in [-0.05, 0) is 41.5 Å². The fourth-order valence-corrected chi connectivity index (χ4v) is 1.05. The van der Waals surface area contributed by atoms with Crippen molar-refractivity contribution in [2.24, 2.45) is 0 Å². The predicted octanol–water partition coefficient (Wildman–Crippen LogP) is 1.66. The van der Waals surface area contributed by atoms with Gasteiger partial charge in [0.15, 0.2) is 0 Å². The molecule has 22 heavy (non-hydrogen) atoms. The molecule has 0 fully saturated rings. The number of rotatable bonds is 6. The van der Waals surface area contributed by atoms with E-state index in [1.165, 1.54) is 41.5 Å². The zero-order valence-corrected chi connectivity index (χ0v) is 15.3. The summed E-state index contributed by atoms with van der Waals surface area (Å²) in [6.07, 6.45) is 0.250. The zero-order chi connectivity index (χ0) is 17.6. The second-order valence-corrected chi connectivity index (χ2v) is 4.74. The van der Waals surface area contributed by atoms with Crippen LogP contribution in [0.2, 0.25) is 0 Å². The summed E-state index contributed by atoms with van der Waals surface area (Å²) in [5.41, 5.74) is 0. The minimum Gasteiger partial charge on any atom is -0.300 e. The van der Waals surface area contributed by atoms with Crippen LogP contribution in [0.4, 0.5) is 0 Å². The van der Waals surface area contributed by atoms with E-state index in [4.69, 9.17) is 0 Å². The Hall–Kier alpha value is -1.45. The van der Waals surface area contributed by atoms with Gasteiger partial charge in [0.25, 0.3) is 0 Å². The van der Waals surface area contributed by atoms with Crippen molar-refractivity contribution in [3.05, 3.63) is 0 Å². The molecule has 0 aromatic heterocycles. The van der Waals surface area contributed by atoms with Crippen molar-refractivity contribution >= 4 is 34.7 Å². The number of hydrogen-bond donors (Lipinski definition) is 0. The first-order valence-corrected chi connectivity index (χ1v) is 6.35. The number of hydrogen-bond acceptors (Lipinski definition) is 6. The van der Waals surface area contributed by atoms with Crippen molar-refractivity contribution in [3.8, 4) is 0 Å². The second kappa shape index (κ2) is 17.6. The van der Waals surface area contributed by atoms with Gasteiger partial charge in [-0.15, -0.1) is 0 Å². The average molecular weight is 352 g/mol. The third-order valence-corrected chi connectivity index (χ3v) is 1.49. The fourth-order valence-electron chi connectivity index (χ4n) is 1.05. The first kappa shape index (κ1) is 28.7. The van der Waals surface area contributed by atoms with Crippen molar-refractivity contribution in [1.29, 1.82) is 0 Å². The molecule has 0 amide bonds. The molecule has 0 heterocycles. The molecule has 7 heteroatoms. The Balaban J connectivity index is -0.000000108. The fraction of sp³-hybridized carbons (Fsp3) is 0.600. The molecule has 0 aliphatic rings. The van der Waals surface area contributed by atoms with Gasteiger partial charge in [0.2, 0.25) is 0 Å². The van der Waals surface area contributed by atoms with E-state index >= 15 is 0 Å². The molecule has 0 aromatic carbocycles. The zero-order valence-electron chi connectivity index (χ0n) is 14.0. The predicted molar refractivity (Wildman–Crippen MR) is 77.9 cm³/mol. The van der Waals surface area contributed by atoms with Gasteiger partial charge >= 0.3 is 17.4 Å². The number of carbonyl (C=O) groups is 6. The summed E-state index contributed by atoms with van der Waals surface area (Å²) in [5, 5.41) is 0. The summed E-state index contributed by atoms with van der Waals surface area (Å²) in [4.78, 5) is 60.2. The Labute approximate surface area is 142 Å². The van der Waals surface area contributed by atoms with Crippen molar-refractivity contribution in [2.75, 3.05) is 0 Å². The van der Waals surface area contributed by atoms with Crippen LogP contribution < -0.4 is 0 Å². The molecule has 123 valence electrons. The van der Waals surface area contributed by atoms with Crippen molar-refractivity contribution < 1.29 is 46.1 Å². The van der Waals surface area contributed by atoms with E-state index in [1.54, 1.807) is 0 Å². The van der Waals surface area contributed by atoms with E-state index in [0.29, 0.717) is 0 Å². The van der Waals surface area contributed by atoms with Gasteiger partial charge in [0.1, 0.15) is 34.7 Å². The van der Waals surface area contributed by atoms with Gasteiger partial charge in [-0.3, -0.25) is 28.8 Å². The average Bonchev–Trinajstić information content (AvgIpc) is 2.10. The van der Waals surface area contributed by atoms with E-state index in [-0.39, 0.29) is 71.3 Å². The normalized spacial score (nSPS) is 7.91. The summed E-state index contributed by atoms with van der Waals surface area (Å²) < 4.78 is 0. The molecule has 0 rings (SSSR count). The third-order valence-electron chi connectivity index (χ3n) is 1.49. The van der Waals surface area contributed by atoms with Crippen LogP contribution in [-0.4, -0.2) is 34.7 Å². The van der Waals surface area contributed by atoms with Crippen molar-refractivity contribution in [2.45, 2.75) is 60.8 Å². The van der Waals surface area contributed by atoms with Crippen LogP contribution in [0.5, 0.6) is 0 Å². The molecule has 0 aliphatic heterocycles. The maximum atomic E-state index is 10.0. The van der Waals surface area contributed by atoms with E-state index in [0.717, 1.165) is 0 Å². The first-order chi connectivity index (χ1) is 9.38. The van der Waals surface area contributed by atoms with E-state index < -0.39 is 0 Å². The van der Waals surface area contributed by atoms with Gasteiger partial charge in [-0.25, -0.2) is 0 Å². The van der Waals surface area contributed by atoms with Gasteiger partial charge in [-0.2, -0.15) is 0 Å². The molecule has 0 saturated carbocycles. The van der Waals surface area contributed by atoms with Crippen LogP contribution in [0.3, 0.4) is 0 Å². The van der Waals surface area contributed by atoms with Crippen LogP contribution in [0.15, 0.2) is 0 Å². The topological polar surface area (TPSA) is 102 Å². The van der Waals surface area contributed by atoms with E-state index in [2.05, 4.69) is 0 Å². The Morgan fingerprint density at radius 1 is 0.409 bits per heavy atom. The molecule has 0 N–H and O–H groups in total. The SMILES string of the molecule is CC(=O)CC(C)=O.CC(=O)CC(C)=O.CC(=O)CC(C)=O.[Cr+3]. The molecule has 0 spiro atoms. The van der Waals surface area contributed by atoms with Gasteiger partial charge in [0.05, 0.1) is 19.3 Å².